The van der Waals surface area contributed by atoms with Crippen molar-refractivity contribution in [2.24, 2.45) is 0 Å². The fourth-order valence-corrected chi connectivity index (χ4v) is 3.46. The standard InChI is InChI=1S/C17H18N4O3S/c1-3-18-14(22)9-10-8-12-15(20-21-17(12)25-10)19-16(23)11-6-4-5-7-13(11)24-2/h4-8H,3,9H2,1-2H3,(H,18,22)(H2,19,20,21,23). The Bertz CT molecular complexity index is 916. The Hall–Kier alpha value is -2.87. The van der Waals surface area contributed by atoms with Crippen LogP contribution in [0.3, 0.4) is 0 Å². The molecule has 2 aromatic heterocycles. The van der Waals surface area contributed by atoms with Crippen LogP contribution in [0.5, 0.6) is 5.75 Å². The van der Waals surface area contributed by atoms with Crippen molar-refractivity contribution >= 4 is 39.2 Å². The first-order valence-corrected chi connectivity index (χ1v) is 8.62. The average Bonchev–Trinajstić information content (AvgIpc) is 3.16. The van der Waals surface area contributed by atoms with Gasteiger partial charge in [0.25, 0.3) is 5.91 Å². The van der Waals surface area contributed by atoms with Crippen LogP contribution in [-0.2, 0) is 11.2 Å². The SMILES string of the molecule is CCNC(=O)Cc1cc2c(NC(=O)c3ccccc3OC)[nH]nc2s1. The lowest BCUT2D eigenvalue weighted by molar-refractivity contribution is -0.120. The summed E-state index contributed by atoms with van der Waals surface area (Å²) in [5.41, 5.74) is 0.436. The molecule has 2 amide bonds. The number of carbonyl (C=O) groups is 2. The minimum absolute atomic E-state index is 0.0324. The first-order chi connectivity index (χ1) is 12.1. The van der Waals surface area contributed by atoms with E-state index in [9.17, 15) is 9.59 Å². The van der Waals surface area contributed by atoms with E-state index in [1.165, 1.54) is 18.4 Å². The molecule has 0 spiro atoms. The van der Waals surface area contributed by atoms with Gasteiger partial charge < -0.3 is 15.4 Å². The summed E-state index contributed by atoms with van der Waals surface area (Å²) in [6.45, 7) is 2.48. The second-order valence-corrected chi connectivity index (χ2v) is 6.43. The lowest BCUT2D eigenvalue weighted by Crippen LogP contribution is -2.23. The molecule has 0 aliphatic carbocycles. The van der Waals surface area contributed by atoms with Gasteiger partial charge in [-0.05, 0) is 25.1 Å². The second kappa shape index (κ2) is 7.35. The van der Waals surface area contributed by atoms with E-state index >= 15 is 0 Å². The van der Waals surface area contributed by atoms with Gasteiger partial charge in [0, 0.05) is 11.4 Å². The molecule has 3 aromatic rings. The summed E-state index contributed by atoms with van der Waals surface area (Å²) in [4.78, 5) is 25.9. The molecule has 8 heteroatoms. The average molecular weight is 358 g/mol. The summed E-state index contributed by atoms with van der Waals surface area (Å²) in [6.07, 6.45) is 0.300. The molecule has 0 unspecified atom stereocenters. The number of hydrogen-bond donors (Lipinski definition) is 3. The maximum atomic E-state index is 12.5. The largest absolute Gasteiger partial charge is 0.496 e. The van der Waals surface area contributed by atoms with Crippen molar-refractivity contribution in [2.75, 3.05) is 19.0 Å². The van der Waals surface area contributed by atoms with Gasteiger partial charge in [0.05, 0.1) is 24.5 Å². The van der Waals surface area contributed by atoms with Crippen LogP contribution in [0, 0.1) is 0 Å². The van der Waals surface area contributed by atoms with Gasteiger partial charge in [-0.2, -0.15) is 5.10 Å². The zero-order valence-electron chi connectivity index (χ0n) is 13.9. The summed E-state index contributed by atoms with van der Waals surface area (Å²) < 4.78 is 5.21. The highest BCUT2D eigenvalue weighted by Gasteiger charge is 2.17. The first kappa shape index (κ1) is 17.0. The number of aromatic amines is 1. The number of carbonyl (C=O) groups excluding carboxylic acids is 2. The maximum Gasteiger partial charge on any atom is 0.260 e. The Balaban J connectivity index is 1.81. The minimum Gasteiger partial charge on any atom is -0.496 e. The fraction of sp³-hybridized carbons (Fsp3) is 0.235. The van der Waals surface area contributed by atoms with Crippen LogP contribution in [0.4, 0.5) is 5.82 Å². The van der Waals surface area contributed by atoms with Crippen molar-refractivity contribution < 1.29 is 14.3 Å². The molecule has 0 saturated carbocycles. The number of methoxy groups -OCH3 is 1. The van der Waals surface area contributed by atoms with E-state index in [1.807, 2.05) is 13.0 Å². The number of fused-ring (bicyclic) bond motifs is 1. The zero-order valence-corrected chi connectivity index (χ0v) is 14.7. The van der Waals surface area contributed by atoms with E-state index in [2.05, 4.69) is 20.8 Å². The van der Waals surface area contributed by atoms with E-state index < -0.39 is 0 Å². The van der Waals surface area contributed by atoms with Gasteiger partial charge in [0.15, 0.2) is 0 Å². The third-order valence-corrected chi connectivity index (χ3v) is 4.63. The highest BCUT2D eigenvalue weighted by atomic mass is 32.1. The molecule has 7 nitrogen and oxygen atoms in total. The molecule has 3 N–H and O–H groups in total. The van der Waals surface area contributed by atoms with E-state index in [-0.39, 0.29) is 11.8 Å². The number of likely N-dealkylation sites (N-methyl/N-ethyl adjacent to an activating group) is 1. The third kappa shape index (κ3) is 3.63. The second-order valence-electron chi connectivity index (χ2n) is 5.31. The molecule has 0 radical (unpaired) electrons. The number of nitrogens with one attached hydrogen (secondary N) is 3. The number of anilines is 1. The smallest absolute Gasteiger partial charge is 0.260 e. The summed E-state index contributed by atoms with van der Waals surface area (Å²) >= 11 is 1.42. The molecule has 0 aliphatic rings. The van der Waals surface area contributed by atoms with Crippen LogP contribution in [0.1, 0.15) is 22.2 Å². The lowest BCUT2D eigenvalue weighted by atomic mass is 10.2. The molecule has 2 heterocycles. The molecule has 0 atom stereocenters. The predicted octanol–water partition coefficient (Wildman–Crippen LogP) is 2.56. The number of nitrogens with zero attached hydrogens (tertiary/aromatic N) is 1. The normalized spacial score (nSPS) is 10.6. The third-order valence-electron chi connectivity index (χ3n) is 3.60. The highest BCUT2D eigenvalue weighted by Crippen LogP contribution is 2.30. The number of thiophene rings is 1. The Labute approximate surface area is 148 Å². The van der Waals surface area contributed by atoms with Gasteiger partial charge >= 0.3 is 0 Å². The topological polar surface area (TPSA) is 96.1 Å². The van der Waals surface area contributed by atoms with Crippen LogP contribution in [0.2, 0.25) is 0 Å². The van der Waals surface area contributed by atoms with Crippen molar-refractivity contribution in [3.8, 4) is 5.75 Å². The van der Waals surface area contributed by atoms with Crippen LogP contribution < -0.4 is 15.4 Å². The van der Waals surface area contributed by atoms with Crippen LogP contribution in [0.15, 0.2) is 30.3 Å². The Kier molecular flexibility index (Phi) is 4.99. The van der Waals surface area contributed by atoms with Gasteiger partial charge in [-0.15, -0.1) is 11.3 Å². The molecular formula is C17H18N4O3S. The van der Waals surface area contributed by atoms with E-state index in [4.69, 9.17) is 4.74 Å². The molecule has 25 heavy (non-hydrogen) atoms. The molecule has 0 fully saturated rings. The lowest BCUT2D eigenvalue weighted by Gasteiger charge is -2.07. The van der Waals surface area contributed by atoms with Crippen LogP contribution in [0.25, 0.3) is 10.2 Å². The molecule has 0 aliphatic heterocycles. The first-order valence-electron chi connectivity index (χ1n) is 7.80. The highest BCUT2D eigenvalue weighted by molar-refractivity contribution is 7.18. The number of amides is 2. The Morgan fingerprint density at radius 1 is 1.32 bits per heavy atom. The summed E-state index contributed by atoms with van der Waals surface area (Å²) in [6, 6.07) is 8.87. The van der Waals surface area contributed by atoms with Crippen LogP contribution in [-0.4, -0.2) is 35.7 Å². The van der Waals surface area contributed by atoms with Crippen molar-refractivity contribution in [1.82, 2.24) is 15.5 Å². The summed E-state index contributed by atoms with van der Waals surface area (Å²) in [5.74, 6) is 0.678. The molecular weight excluding hydrogens is 340 g/mol. The molecule has 0 saturated heterocycles. The Morgan fingerprint density at radius 3 is 2.88 bits per heavy atom. The number of benzene rings is 1. The van der Waals surface area contributed by atoms with Gasteiger partial charge in [-0.25, -0.2) is 0 Å². The van der Waals surface area contributed by atoms with E-state index in [0.29, 0.717) is 30.1 Å². The number of rotatable bonds is 6. The number of ether oxygens (including phenoxy) is 1. The Morgan fingerprint density at radius 2 is 2.12 bits per heavy atom. The summed E-state index contributed by atoms with van der Waals surface area (Å²) in [7, 11) is 1.52. The zero-order chi connectivity index (χ0) is 17.8. The number of H-pyrrole nitrogens is 1. The minimum atomic E-state index is -0.292. The van der Waals surface area contributed by atoms with Gasteiger partial charge in [0.2, 0.25) is 5.91 Å². The number of para-hydroxylation sites is 1. The van der Waals surface area contributed by atoms with Crippen molar-refractivity contribution in [3.63, 3.8) is 0 Å². The van der Waals surface area contributed by atoms with Crippen molar-refractivity contribution in [2.45, 2.75) is 13.3 Å². The maximum absolute atomic E-state index is 12.5. The van der Waals surface area contributed by atoms with Gasteiger partial charge in [-0.3, -0.25) is 14.7 Å². The van der Waals surface area contributed by atoms with Crippen molar-refractivity contribution in [1.29, 1.82) is 0 Å². The number of hydrogen-bond acceptors (Lipinski definition) is 5. The summed E-state index contributed by atoms with van der Waals surface area (Å²) in [5, 5.41) is 13.4. The molecule has 1 aromatic carbocycles. The monoisotopic (exact) mass is 358 g/mol. The van der Waals surface area contributed by atoms with Crippen molar-refractivity contribution in [3.05, 3.63) is 40.8 Å². The fourth-order valence-electron chi connectivity index (χ4n) is 2.47. The molecule has 0 bridgehead atoms. The predicted molar refractivity (Wildman–Crippen MR) is 97.3 cm³/mol. The van der Waals surface area contributed by atoms with Gasteiger partial charge in [0.1, 0.15) is 16.4 Å². The van der Waals surface area contributed by atoms with E-state index in [0.717, 1.165) is 15.1 Å². The van der Waals surface area contributed by atoms with E-state index in [1.54, 1.807) is 24.3 Å². The molecule has 3 rings (SSSR count). The molecule has 130 valence electrons. The van der Waals surface area contributed by atoms with Gasteiger partial charge in [-0.1, -0.05) is 12.1 Å². The number of aromatic nitrogens is 2. The van der Waals surface area contributed by atoms with Crippen LogP contribution >= 0.6 is 11.3 Å². The quantitative estimate of drug-likeness (QED) is 0.631.